The normalized spacial score (nSPS) is 19.5. The minimum Gasteiger partial charge on any atom is -0.496 e. The Bertz CT molecular complexity index is 677. The van der Waals surface area contributed by atoms with Gasteiger partial charge in [-0.3, -0.25) is 4.99 Å². The molecule has 0 saturated carbocycles. The fourth-order valence-electron chi connectivity index (χ4n) is 2.67. The van der Waals surface area contributed by atoms with Gasteiger partial charge in [0.15, 0.2) is 15.8 Å². The fraction of sp³-hybridized carbons (Fsp3) is 0.562. The lowest BCUT2D eigenvalue weighted by Gasteiger charge is -2.16. The van der Waals surface area contributed by atoms with E-state index >= 15 is 0 Å². The number of hydrogen-bond donors (Lipinski definition) is 2. The number of sulfone groups is 1. The molecule has 136 valence electrons. The van der Waals surface area contributed by atoms with E-state index in [-0.39, 0.29) is 35.6 Å². The first kappa shape index (κ1) is 21.0. The summed E-state index contributed by atoms with van der Waals surface area (Å²) in [4.78, 5) is 4.18. The molecule has 1 saturated heterocycles. The number of hydrogen-bond acceptors (Lipinski definition) is 4. The van der Waals surface area contributed by atoms with Gasteiger partial charge in [0.2, 0.25) is 0 Å². The second kappa shape index (κ2) is 9.45. The monoisotopic (exact) mass is 467 g/mol. The summed E-state index contributed by atoms with van der Waals surface area (Å²) in [6.07, 6.45) is 0.720. The smallest absolute Gasteiger partial charge is 0.191 e. The lowest BCUT2D eigenvalue weighted by molar-refractivity contribution is 0.408. The van der Waals surface area contributed by atoms with E-state index < -0.39 is 9.84 Å². The molecule has 0 spiro atoms. The third-order valence-corrected chi connectivity index (χ3v) is 5.83. The highest BCUT2D eigenvalue weighted by Gasteiger charge is 2.27. The Morgan fingerprint density at radius 1 is 1.38 bits per heavy atom. The number of aryl methyl sites for hydroxylation is 1. The fourth-order valence-corrected chi connectivity index (χ4v) is 4.53. The highest BCUT2D eigenvalue weighted by Crippen LogP contribution is 2.19. The van der Waals surface area contributed by atoms with Gasteiger partial charge in [0, 0.05) is 25.7 Å². The van der Waals surface area contributed by atoms with Gasteiger partial charge in [-0.2, -0.15) is 0 Å². The molecule has 0 amide bonds. The zero-order valence-electron chi connectivity index (χ0n) is 14.3. The van der Waals surface area contributed by atoms with Crippen LogP contribution in [0.5, 0.6) is 5.75 Å². The van der Waals surface area contributed by atoms with Crippen molar-refractivity contribution in [2.45, 2.75) is 19.9 Å². The summed E-state index contributed by atoms with van der Waals surface area (Å²) in [5.41, 5.74) is 2.19. The van der Waals surface area contributed by atoms with Gasteiger partial charge in [0.25, 0.3) is 0 Å². The molecule has 0 radical (unpaired) electrons. The largest absolute Gasteiger partial charge is 0.496 e. The minimum absolute atomic E-state index is 0. The van der Waals surface area contributed by atoms with Gasteiger partial charge in [0.05, 0.1) is 18.6 Å². The van der Waals surface area contributed by atoms with Crippen LogP contribution in [0.25, 0.3) is 0 Å². The summed E-state index contributed by atoms with van der Waals surface area (Å²) >= 11 is 0. The van der Waals surface area contributed by atoms with E-state index in [1.165, 1.54) is 0 Å². The van der Waals surface area contributed by atoms with E-state index in [2.05, 4.69) is 15.6 Å². The van der Waals surface area contributed by atoms with Crippen molar-refractivity contribution in [1.82, 2.24) is 10.6 Å². The number of halogens is 1. The van der Waals surface area contributed by atoms with E-state index in [1.54, 1.807) is 14.2 Å². The SMILES string of the molecule is CN=C(NCc1ccc(C)cc1OC)NCC1CCS(=O)(=O)C1.I. The predicted octanol–water partition coefficient (Wildman–Crippen LogP) is 1.72. The first-order valence-electron chi connectivity index (χ1n) is 7.72. The second-order valence-corrected chi connectivity index (χ2v) is 8.12. The first-order valence-corrected chi connectivity index (χ1v) is 9.54. The molecule has 1 fully saturated rings. The van der Waals surface area contributed by atoms with Gasteiger partial charge in [-0.05, 0) is 30.9 Å². The summed E-state index contributed by atoms with van der Waals surface area (Å²) in [7, 11) is 0.525. The Labute approximate surface area is 161 Å². The lowest BCUT2D eigenvalue weighted by atomic mass is 10.1. The standard InChI is InChI=1S/C16H25N3O3S.HI/c1-12-4-5-14(15(8-12)22-3)10-19-16(17-2)18-9-13-6-7-23(20,21)11-13;/h4-5,8,13H,6-7,9-11H2,1-3H3,(H2,17,18,19);1H. The maximum atomic E-state index is 11.5. The highest BCUT2D eigenvalue weighted by molar-refractivity contribution is 14.0. The number of rotatable bonds is 5. The minimum atomic E-state index is -2.84. The molecule has 1 aliphatic rings. The van der Waals surface area contributed by atoms with Gasteiger partial charge in [-0.25, -0.2) is 8.42 Å². The van der Waals surface area contributed by atoms with Gasteiger partial charge < -0.3 is 15.4 Å². The number of benzene rings is 1. The quantitative estimate of drug-likeness (QED) is 0.392. The molecule has 1 atom stereocenters. The van der Waals surface area contributed by atoms with Crippen LogP contribution in [-0.4, -0.2) is 46.6 Å². The van der Waals surface area contributed by atoms with Crippen LogP contribution in [0, 0.1) is 12.8 Å². The van der Waals surface area contributed by atoms with Gasteiger partial charge in [-0.1, -0.05) is 12.1 Å². The van der Waals surface area contributed by atoms with Crippen LogP contribution >= 0.6 is 24.0 Å². The number of methoxy groups -OCH3 is 1. The van der Waals surface area contributed by atoms with E-state index in [4.69, 9.17) is 4.74 Å². The van der Waals surface area contributed by atoms with E-state index in [1.807, 2.05) is 25.1 Å². The number of aliphatic imine (C=N–C) groups is 1. The maximum Gasteiger partial charge on any atom is 0.191 e. The van der Waals surface area contributed by atoms with E-state index in [0.29, 0.717) is 24.8 Å². The molecule has 0 bridgehead atoms. The second-order valence-electron chi connectivity index (χ2n) is 5.89. The van der Waals surface area contributed by atoms with Gasteiger partial charge in [-0.15, -0.1) is 24.0 Å². The topological polar surface area (TPSA) is 79.8 Å². The molecular weight excluding hydrogens is 441 g/mol. The van der Waals surface area contributed by atoms with Crippen molar-refractivity contribution in [3.63, 3.8) is 0 Å². The van der Waals surface area contributed by atoms with Crippen LogP contribution in [0.2, 0.25) is 0 Å². The van der Waals surface area contributed by atoms with E-state index in [0.717, 1.165) is 23.3 Å². The molecule has 24 heavy (non-hydrogen) atoms. The lowest BCUT2D eigenvalue weighted by Crippen LogP contribution is -2.39. The van der Waals surface area contributed by atoms with Crippen molar-refractivity contribution >= 4 is 39.8 Å². The first-order chi connectivity index (χ1) is 10.9. The molecular formula is C16H26IN3O3S. The van der Waals surface area contributed by atoms with Gasteiger partial charge >= 0.3 is 0 Å². The summed E-state index contributed by atoms with van der Waals surface area (Å²) in [6, 6.07) is 6.06. The molecule has 2 N–H and O–H groups in total. The van der Waals surface area contributed by atoms with Crippen molar-refractivity contribution in [1.29, 1.82) is 0 Å². The molecule has 1 aromatic carbocycles. The Morgan fingerprint density at radius 3 is 2.71 bits per heavy atom. The average Bonchev–Trinajstić information content (AvgIpc) is 2.87. The van der Waals surface area contributed by atoms with Crippen molar-refractivity contribution in [3.05, 3.63) is 29.3 Å². The van der Waals surface area contributed by atoms with Crippen LogP contribution in [0.3, 0.4) is 0 Å². The van der Waals surface area contributed by atoms with Crippen molar-refractivity contribution in [2.24, 2.45) is 10.9 Å². The highest BCUT2D eigenvalue weighted by atomic mass is 127. The zero-order valence-corrected chi connectivity index (χ0v) is 17.5. The number of nitrogens with one attached hydrogen (secondary N) is 2. The van der Waals surface area contributed by atoms with Gasteiger partial charge in [0.1, 0.15) is 5.75 Å². The molecule has 0 aromatic heterocycles. The molecule has 1 unspecified atom stereocenters. The van der Waals surface area contributed by atoms with Crippen LogP contribution in [-0.2, 0) is 16.4 Å². The third kappa shape index (κ3) is 6.12. The third-order valence-electron chi connectivity index (χ3n) is 4.00. The molecule has 1 aromatic rings. The van der Waals surface area contributed by atoms with Crippen LogP contribution < -0.4 is 15.4 Å². The zero-order chi connectivity index (χ0) is 16.9. The number of guanidine groups is 1. The predicted molar refractivity (Wildman–Crippen MR) is 108 cm³/mol. The maximum absolute atomic E-state index is 11.5. The Morgan fingerprint density at radius 2 is 2.12 bits per heavy atom. The number of nitrogens with zero attached hydrogens (tertiary/aromatic N) is 1. The van der Waals surface area contributed by atoms with Crippen LogP contribution in [0.1, 0.15) is 17.5 Å². The van der Waals surface area contributed by atoms with Crippen molar-refractivity contribution < 1.29 is 13.2 Å². The molecule has 2 rings (SSSR count). The molecule has 1 aliphatic heterocycles. The average molecular weight is 467 g/mol. The molecule has 0 aliphatic carbocycles. The summed E-state index contributed by atoms with van der Waals surface area (Å²) in [5.74, 6) is 2.23. The molecule has 8 heteroatoms. The van der Waals surface area contributed by atoms with Crippen LogP contribution in [0.4, 0.5) is 0 Å². The summed E-state index contributed by atoms with van der Waals surface area (Å²) < 4.78 is 28.3. The number of ether oxygens (including phenoxy) is 1. The molecule has 6 nitrogen and oxygen atoms in total. The van der Waals surface area contributed by atoms with Crippen molar-refractivity contribution in [2.75, 3.05) is 32.2 Å². The summed E-state index contributed by atoms with van der Waals surface area (Å²) in [6.45, 7) is 3.23. The molecule has 1 heterocycles. The van der Waals surface area contributed by atoms with Crippen molar-refractivity contribution in [3.8, 4) is 5.75 Å². The Hall–Kier alpha value is -1.03. The van der Waals surface area contributed by atoms with E-state index in [9.17, 15) is 8.42 Å². The Kier molecular flexibility index (Phi) is 8.28. The summed E-state index contributed by atoms with van der Waals surface area (Å²) in [5, 5.41) is 6.44. The van der Waals surface area contributed by atoms with Crippen LogP contribution in [0.15, 0.2) is 23.2 Å². The Balaban J connectivity index is 0.00000288.